The maximum Gasteiger partial charge on any atom is 0.255 e. The SMILES string of the molecule is CC/C=C(/C=C\OC)C(=O)Nc1cccc(-c2nn(C)/c(=N\C(=C/C=O)N3CCNCC3)s2)c1. The van der Waals surface area contributed by atoms with E-state index in [-0.39, 0.29) is 5.91 Å². The van der Waals surface area contributed by atoms with Gasteiger partial charge in [-0.3, -0.25) is 9.59 Å². The minimum absolute atomic E-state index is 0.215. The summed E-state index contributed by atoms with van der Waals surface area (Å²) in [5.41, 5.74) is 2.05. The lowest BCUT2D eigenvalue weighted by Gasteiger charge is -2.28. The molecule has 0 spiro atoms. The van der Waals surface area contributed by atoms with Gasteiger partial charge in [-0.25, -0.2) is 9.67 Å². The number of nitrogens with one attached hydrogen (secondary N) is 2. The van der Waals surface area contributed by atoms with Gasteiger partial charge in [0.15, 0.2) is 0 Å². The van der Waals surface area contributed by atoms with Gasteiger partial charge in [0.05, 0.1) is 13.4 Å². The predicted molar refractivity (Wildman–Crippen MR) is 134 cm³/mol. The van der Waals surface area contributed by atoms with Crippen molar-refractivity contribution < 1.29 is 14.3 Å². The number of nitrogens with zero attached hydrogens (tertiary/aromatic N) is 4. The lowest BCUT2D eigenvalue weighted by molar-refractivity contribution is -0.112. The number of anilines is 1. The summed E-state index contributed by atoms with van der Waals surface area (Å²) < 4.78 is 6.64. The zero-order valence-corrected chi connectivity index (χ0v) is 20.5. The van der Waals surface area contributed by atoms with E-state index in [1.165, 1.54) is 30.8 Å². The van der Waals surface area contributed by atoms with Crippen molar-refractivity contribution in [2.75, 3.05) is 38.6 Å². The summed E-state index contributed by atoms with van der Waals surface area (Å²) in [4.78, 5) is 31.3. The molecule has 1 aromatic heterocycles. The molecular formula is C24H30N6O3S. The third-order valence-corrected chi connectivity index (χ3v) is 6.06. The molecule has 3 rings (SSSR count). The number of hydrogen-bond donors (Lipinski definition) is 2. The average Bonchev–Trinajstić information content (AvgIpc) is 3.22. The van der Waals surface area contributed by atoms with E-state index >= 15 is 0 Å². The van der Waals surface area contributed by atoms with Crippen LogP contribution in [0.5, 0.6) is 0 Å². The molecule has 10 heteroatoms. The van der Waals surface area contributed by atoms with Crippen LogP contribution in [0.4, 0.5) is 5.69 Å². The van der Waals surface area contributed by atoms with Crippen molar-refractivity contribution in [1.29, 1.82) is 0 Å². The Balaban J connectivity index is 1.85. The number of piperazine rings is 1. The van der Waals surface area contributed by atoms with Crippen molar-refractivity contribution in [3.63, 3.8) is 0 Å². The van der Waals surface area contributed by atoms with Gasteiger partial charge in [0.2, 0.25) is 4.80 Å². The number of allylic oxidation sites excluding steroid dienone is 2. The van der Waals surface area contributed by atoms with Gasteiger partial charge in [0, 0.05) is 56.1 Å². The fourth-order valence-corrected chi connectivity index (χ4v) is 4.25. The maximum atomic E-state index is 12.7. The summed E-state index contributed by atoms with van der Waals surface area (Å²) >= 11 is 1.42. The third kappa shape index (κ3) is 6.75. The van der Waals surface area contributed by atoms with E-state index in [9.17, 15) is 9.59 Å². The Bertz CT molecular complexity index is 1160. The molecule has 0 bridgehead atoms. The minimum atomic E-state index is -0.215. The van der Waals surface area contributed by atoms with Crippen LogP contribution in [-0.2, 0) is 21.4 Å². The first-order valence-corrected chi connectivity index (χ1v) is 11.9. The highest BCUT2D eigenvalue weighted by Gasteiger charge is 2.14. The fraction of sp³-hybridized carbons (Fsp3) is 0.333. The molecule has 34 heavy (non-hydrogen) atoms. The van der Waals surface area contributed by atoms with E-state index in [2.05, 4.69) is 20.6 Å². The van der Waals surface area contributed by atoms with Gasteiger partial charge in [0.25, 0.3) is 5.91 Å². The number of ether oxygens (including phenoxy) is 1. The molecule has 1 aliphatic rings. The van der Waals surface area contributed by atoms with E-state index in [0.717, 1.165) is 49.5 Å². The van der Waals surface area contributed by atoms with Crippen molar-refractivity contribution in [3.05, 3.63) is 65.0 Å². The van der Waals surface area contributed by atoms with E-state index in [1.807, 2.05) is 44.3 Å². The second-order valence-electron chi connectivity index (χ2n) is 7.46. The summed E-state index contributed by atoms with van der Waals surface area (Å²) in [6.45, 7) is 5.24. The number of carbonyl (C=O) groups is 2. The van der Waals surface area contributed by atoms with Crippen molar-refractivity contribution >= 4 is 29.2 Å². The molecule has 0 aliphatic carbocycles. The lowest BCUT2D eigenvalue weighted by atomic mass is 10.1. The van der Waals surface area contributed by atoms with Crippen LogP contribution in [0.1, 0.15) is 13.3 Å². The maximum absolute atomic E-state index is 12.7. The number of rotatable bonds is 9. The van der Waals surface area contributed by atoms with Crippen LogP contribution in [0.2, 0.25) is 0 Å². The van der Waals surface area contributed by atoms with Crippen LogP contribution in [0.15, 0.2) is 65.1 Å². The number of aldehydes is 1. The summed E-state index contributed by atoms with van der Waals surface area (Å²) in [5, 5.41) is 11.6. The molecule has 0 radical (unpaired) electrons. The average molecular weight is 483 g/mol. The molecular weight excluding hydrogens is 452 g/mol. The highest BCUT2D eigenvalue weighted by Crippen LogP contribution is 2.23. The molecule has 0 unspecified atom stereocenters. The van der Waals surface area contributed by atoms with Gasteiger partial charge in [0.1, 0.15) is 17.1 Å². The molecule has 180 valence electrons. The van der Waals surface area contributed by atoms with Crippen molar-refractivity contribution in [3.8, 4) is 10.6 Å². The number of hydrogen-bond acceptors (Lipinski definition) is 8. The molecule has 2 heterocycles. The Morgan fingerprint density at radius 3 is 2.85 bits per heavy atom. The lowest BCUT2D eigenvalue weighted by Crippen LogP contribution is -2.42. The first-order chi connectivity index (χ1) is 16.5. The number of amides is 1. The number of aromatic nitrogens is 2. The summed E-state index contributed by atoms with van der Waals surface area (Å²) in [6.07, 6.45) is 7.93. The quantitative estimate of drug-likeness (QED) is 0.246. The number of benzene rings is 1. The van der Waals surface area contributed by atoms with Gasteiger partial charge >= 0.3 is 0 Å². The predicted octanol–water partition coefficient (Wildman–Crippen LogP) is 2.43. The Morgan fingerprint density at radius 2 is 2.15 bits per heavy atom. The van der Waals surface area contributed by atoms with Crippen LogP contribution in [-0.4, -0.2) is 60.2 Å². The standard InChI is InChI=1S/C24H30N6O3S/c1-4-6-18(10-16-33-3)22(32)26-20-8-5-7-19(17-20)23-28-29(2)24(34-23)27-21(9-15-31)30-13-11-25-12-14-30/h5-10,15-17,25H,4,11-14H2,1-3H3,(H,26,32)/b16-10-,18-6-,21-9+,27-24+. The normalized spacial score (nSPS) is 15.6. The molecule has 0 saturated carbocycles. The second kappa shape index (κ2) is 12.7. The smallest absolute Gasteiger partial charge is 0.255 e. The molecule has 1 saturated heterocycles. The van der Waals surface area contributed by atoms with E-state index in [4.69, 9.17) is 9.73 Å². The van der Waals surface area contributed by atoms with Gasteiger partial charge in [-0.15, -0.1) is 0 Å². The first kappa shape index (κ1) is 25.1. The summed E-state index contributed by atoms with van der Waals surface area (Å²) in [6, 6.07) is 7.52. The van der Waals surface area contributed by atoms with Gasteiger partial charge in [-0.1, -0.05) is 36.5 Å². The molecule has 1 aromatic carbocycles. The van der Waals surface area contributed by atoms with Gasteiger partial charge < -0.3 is 20.3 Å². The summed E-state index contributed by atoms with van der Waals surface area (Å²) in [7, 11) is 3.36. The highest BCUT2D eigenvalue weighted by molar-refractivity contribution is 7.12. The molecule has 0 atom stereocenters. The van der Waals surface area contributed by atoms with Crippen molar-refractivity contribution in [2.45, 2.75) is 13.3 Å². The third-order valence-electron chi connectivity index (χ3n) is 5.01. The van der Waals surface area contributed by atoms with Gasteiger partial charge in [-0.05, 0) is 24.6 Å². The Morgan fingerprint density at radius 1 is 1.35 bits per heavy atom. The molecule has 1 amide bonds. The second-order valence-corrected chi connectivity index (χ2v) is 8.42. The van der Waals surface area contributed by atoms with E-state index in [1.54, 1.807) is 10.8 Å². The summed E-state index contributed by atoms with van der Waals surface area (Å²) in [5.74, 6) is 0.412. The Kier molecular flexibility index (Phi) is 9.36. The van der Waals surface area contributed by atoms with Crippen LogP contribution in [0.25, 0.3) is 10.6 Å². The molecule has 1 fully saturated rings. The van der Waals surface area contributed by atoms with Crippen molar-refractivity contribution in [2.24, 2.45) is 12.0 Å². The zero-order valence-electron chi connectivity index (χ0n) is 19.7. The first-order valence-electron chi connectivity index (χ1n) is 11.1. The van der Waals surface area contributed by atoms with Crippen LogP contribution >= 0.6 is 11.3 Å². The van der Waals surface area contributed by atoms with Crippen LogP contribution < -0.4 is 15.4 Å². The largest absolute Gasteiger partial charge is 0.504 e. The monoisotopic (exact) mass is 482 g/mol. The van der Waals surface area contributed by atoms with Crippen molar-refractivity contribution in [1.82, 2.24) is 20.0 Å². The van der Waals surface area contributed by atoms with Crippen LogP contribution in [0, 0.1) is 0 Å². The van der Waals surface area contributed by atoms with Gasteiger partial charge in [-0.2, -0.15) is 5.10 Å². The molecule has 2 aromatic rings. The number of methoxy groups -OCH3 is 1. The number of carbonyl (C=O) groups excluding carboxylic acids is 2. The minimum Gasteiger partial charge on any atom is -0.504 e. The number of aryl methyl sites for hydroxylation is 1. The van der Waals surface area contributed by atoms with E-state index < -0.39 is 0 Å². The topological polar surface area (TPSA) is 101 Å². The molecule has 1 aliphatic heterocycles. The fourth-order valence-electron chi connectivity index (χ4n) is 3.36. The zero-order chi connectivity index (χ0) is 24.3. The molecule has 2 N–H and O–H groups in total. The van der Waals surface area contributed by atoms with E-state index in [0.29, 0.717) is 21.9 Å². The molecule has 9 nitrogen and oxygen atoms in total. The van der Waals surface area contributed by atoms with Crippen LogP contribution in [0.3, 0.4) is 0 Å². The Labute approximate surface area is 203 Å². The highest BCUT2D eigenvalue weighted by atomic mass is 32.1. The Hall–Kier alpha value is -3.50.